The molecule has 0 radical (unpaired) electrons. The third-order valence-corrected chi connectivity index (χ3v) is 3.94. The van der Waals surface area contributed by atoms with Crippen LogP contribution in [-0.2, 0) is 4.74 Å². The van der Waals surface area contributed by atoms with E-state index in [9.17, 15) is 4.79 Å². The average molecular weight is 287 g/mol. The lowest BCUT2D eigenvalue weighted by molar-refractivity contribution is 0.0753. The summed E-state index contributed by atoms with van der Waals surface area (Å²) in [6.07, 6.45) is -0.0226. The maximum Gasteiger partial charge on any atom is 0.252 e. The highest BCUT2D eigenvalue weighted by Gasteiger charge is 2.35. The first-order chi connectivity index (χ1) is 10.1. The molecule has 0 unspecified atom stereocenters. The molecule has 0 saturated carbocycles. The lowest BCUT2D eigenvalue weighted by Gasteiger charge is -2.20. The number of benzene rings is 1. The van der Waals surface area contributed by atoms with Gasteiger partial charge >= 0.3 is 0 Å². The molecule has 1 saturated heterocycles. The number of hydrogen-bond donors (Lipinski definition) is 1. The largest absolute Gasteiger partial charge is 0.378 e. The van der Waals surface area contributed by atoms with Crippen LogP contribution in [0.15, 0.2) is 24.3 Å². The normalized spacial score (nSPS) is 22.2. The van der Waals surface area contributed by atoms with E-state index in [1.54, 1.807) is 31.4 Å². The van der Waals surface area contributed by atoms with Gasteiger partial charge in [0.05, 0.1) is 29.3 Å². The zero-order valence-electron chi connectivity index (χ0n) is 12.7. The first-order valence-electron chi connectivity index (χ1n) is 7.13. The fraction of sp³-hybridized carbons (Fsp3) is 0.500. The molecular weight excluding hydrogens is 266 g/mol. The van der Waals surface area contributed by atoms with Crippen molar-refractivity contribution in [3.05, 3.63) is 35.4 Å². The highest BCUT2D eigenvalue weighted by molar-refractivity contribution is 5.96. The van der Waals surface area contributed by atoms with Crippen LogP contribution in [-0.4, -0.2) is 49.2 Å². The number of likely N-dealkylation sites (tertiary alicyclic amines) is 1. The molecule has 1 fully saturated rings. The second kappa shape index (κ2) is 6.70. The Balaban J connectivity index is 2.10. The Bertz CT molecular complexity index is 551. The number of amides is 1. The van der Waals surface area contributed by atoms with E-state index in [-0.39, 0.29) is 18.1 Å². The van der Waals surface area contributed by atoms with E-state index >= 15 is 0 Å². The fourth-order valence-electron chi connectivity index (χ4n) is 2.63. The van der Waals surface area contributed by atoms with Crippen molar-refractivity contribution in [1.82, 2.24) is 10.2 Å². The number of nitrogens with zero attached hydrogens (tertiary/aromatic N) is 2. The van der Waals surface area contributed by atoms with Gasteiger partial charge in [0.25, 0.3) is 5.91 Å². The lowest BCUT2D eigenvalue weighted by Crippen LogP contribution is -2.44. The summed E-state index contributed by atoms with van der Waals surface area (Å²) >= 11 is 0. The van der Waals surface area contributed by atoms with Crippen molar-refractivity contribution in [2.45, 2.75) is 32.0 Å². The Hall–Kier alpha value is -1.90. The highest BCUT2D eigenvalue weighted by atomic mass is 16.5. The van der Waals surface area contributed by atoms with Crippen molar-refractivity contribution >= 4 is 5.91 Å². The van der Waals surface area contributed by atoms with Crippen LogP contribution in [0.3, 0.4) is 0 Å². The topological polar surface area (TPSA) is 65.4 Å². The highest BCUT2D eigenvalue weighted by Crippen LogP contribution is 2.17. The third kappa shape index (κ3) is 3.41. The van der Waals surface area contributed by atoms with Crippen LogP contribution in [0, 0.1) is 11.3 Å². The van der Waals surface area contributed by atoms with Crippen molar-refractivity contribution in [3.63, 3.8) is 0 Å². The van der Waals surface area contributed by atoms with Crippen molar-refractivity contribution in [2.24, 2.45) is 0 Å². The average Bonchev–Trinajstić information content (AvgIpc) is 2.90. The van der Waals surface area contributed by atoms with Gasteiger partial charge in [0, 0.05) is 26.2 Å². The minimum absolute atomic E-state index is 0.0226. The van der Waals surface area contributed by atoms with Gasteiger partial charge in [-0.25, -0.2) is 0 Å². The van der Waals surface area contributed by atoms with Gasteiger partial charge in [0.2, 0.25) is 0 Å². The zero-order chi connectivity index (χ0) is 15.4. The van der Waals surface area contributed by atoms with Crippen LogP contribution >= 0.6 is 0 Å². The molecule has 0 bridgehead atoms. The summed E-state index contributed by atoms with van der Waals surface area (Å²) < 4.78 is 5.48. The van der Waals surface area contributed by atoms with Gasteiger partial charge in [-0.3, -0.25) is 9.69 Å². The van der Waals surface area contributed by atoms with Crippen molar-refractivity contribution in [3.8, 4) is 6.07 Å². The summed E-state index contributed by atoms with van der Waals surface area (Å²) in [5.74, 6) is -0.218. The van der Waals surface area contributed by atoms with Gasteiger partial charge in [-0.2, -0.15) is 5.26 Å². The number of carbonyl (C=O) groups excluding carboxylic acids is 1. The Morgan fingerprint density at radius 2 is 2.14 bits per heavy atom. The molecule has 1 aromatic carbocycles. The third-order valence-electron chi connectivity index (χ3n) is 3.94. The Morgan fingerprint density at radius 3 is 2.76 bits per heavy atom. The smallest absolute Gasteiger partial charge is 0.252 e. The van der Waals surface area contributed by atoms with Gasteiger partial charge in [0.1, 0.15) is 0 Å². The van der Waals surface area contributed by atoms with Gasteiger partial charge < -0.3 is 10.1 Å². The van der Waals surface area contributed by atoms with Crippen molar-refractivity contribution in [1.29, 1.82) is 5.26 Å². The molecule has 5 nitrogen and oxygen atoms in total. The van der Waals surface area contributed by atoms with Gasteiger partial charge in [-0.05, 0) is 26.0 Å². The van der Waals surface area contributed by atoms with E-state index in [4.69, 9.17) is 10.00 Å². The SMILES string of the molecule is CO[C@H]1CN(C(C)C)C[C@@H]1NC(=O)c1ccccc1C#N. The molecule has 1 aliphatic rings. The van der Waals surface area contributed by atoms with E-state index < -0.39 is 0 Å². The minimum atomic E-state index is -0.218. The lowest BCUT2D eigenvalue weighted by atomic mass is 10.1. The summed E-state index contributed by atoms with van der Waals surface area (Å²) in [5, 5.41) is 12.1. The van der Waals surface area contributed by atoms with E-state index in [1.165, 1.54) is 0 Å². The zero-order valence-corrected chi connectivity index (χ0v) is 12.7. The standard InChI is InChI=1S/C16H21N3O2/c1-11(2)19-9-14(15(10-19)21-3)18-16(20)13-7-5-4-6-12(13)8-17/h4-7,11,14-15H,9-10H2,1-3H3,(H,18,20)/t14-,15-/m0/s1. The van der Waals surface area contributed by atoms with E-state index in [2.05, 4.69) is 30.1 Å². The molecule has 1 amide bonds. The maximum absolute atomic E-state index is 12.4. The van der Waals surface area contributed by atoms with Crippen LogP contribution in [0.1, 0.15) is 29.8 Å². The molecular formula is C16H21N3O2. The molecule has 21 heavy (non-hydrogen) atoms. The molecule has 1 heterocycles. The monoisotopic (exact) mass is 287 g/mol. The molecule has 5 heteroatoms. The molecule has 1 aliphatic heterocycles. The molecule has 1 N–H and O–H groups in total. The van der Waals surface area contributed by atoms with E-state index in [0.29, 0.717) is 17.2 Å². The molecule has 0 aliphatic carbocycles. The van der Waals surface area contributed by atoms with Gasteiger partial charge in [-0.15, -0.1) is 0 Å². The second-order valence-electron chi connectivity index (χ2n) is 5.56. The molecule has 112 valence electrons. The Labute approximate surface area is 125 Å². The number of nitrogens with one attached hydrogen (secondary N) is 1. The first-order valence-corrected chi connectivity index (χ1v) is 7.13. The van der Waals surface area contributed by atoms with Crippen molar-refractivity contribution in [2.75, 3.05) is 20.2 Å². The number of ether oxygens (including phenoxy) is 1. The number of nitriles is 1. The van der Waals surface area contributed by atoms with Crippen LogP contribution < -0.4 is 5.32 Å². The quantitative estimate of drug-likeness (QED) is 0.909. The molecule has 0 spiro atoms. The number of carbonyl (C=O) groups is 1. The Kier molecular flexibility index (Phi) is 4.94. The van der Waals surface area contributed by atoms with E-state index in [0.717, 1.165) is 13.1 Å². The predicted octanol–water partition coefficient (Wildman–Crippen LogP) is 1.40. The van der Waals surface area contributed by atoms with Crippen LogP contribution in [0.25, 0.3) is 0 Å². The summed E-state index contributed by atoms with van der Waals surface area (Å²) in [5.41, 5.74) is 0.806. The molecule has 0 aromatic heterocycles. The predicted molar refractivity (Wildman–Crippen MR) is 79.9 cm³/mol. The van der Waals surface area contributed by atoms with Gasteiger partial charge in [-0.1, -0.05) is 12.1 Å². The number of rotatable bonds is 4. The summed E-state index contributed by atoms with van der Waals surface area (Å²) in [6.45, 7) is 5.82. The van der Waals surface area contributed by atoms with Crippen LogP contribution in [0.2, 0.25) is 0 Å². The maximum atomic E-state index is 12.4. The Morgan fingerprint density at radius 1 is 1.43 bits per heavy atom. The van der Waals surface area contributed by atoms with E-state index in [1.807, 2.05) is 0 Å². The summed E-state index contributed by atoms with van der Waals surface area (Å²) in [4.78, 5) is 14.7. The summed E-state index contributed by atoms with van der Waals surface area (Å²) in [6, 6.07) is 9.24. The molecule has 2 atom stereocenters. The first kappa shape index (κ1) is 15.5. The fourth-order valence-corrected chi connectivity index (χ4v) is 2.63. The second-order valence-corrected chi connectivity index (χ2v) is 5.56. The molecule has 2 rings (SSSR count). The minimum Gasteiger partial charge on any atom is -0.378 e. The summed E-state index contributed by atoms with van der Waals surface area (Å²) in [7, 11) is 1.66. The number of methoxy groups -OCH3 is 1. The van der Waals surface area contributed by atoms with Gasteiger partial charge in [0.15, 0.2) is 0 Å². The van der Waals surface area contributed by atoms with Crippen molar-refractivity contribution < 1.29 is 9.53 Å². The van der Waals surface area contributed by atoms with Crippen LogP contribution in [0.5, 0.6) is 0 Å². The molecule has 1 aromatic rings. The van der Waals surface area contributed by atoms with Crippen LogP contribution in [0.4, 0.5) is 0 Å². The number of hydrogen-bond acceptors (Lipinski definition) is 4.